The third-order valence-corrected chi connectivity index (χ3v) is 8.04. The number of anilines is 1. The van der Waals surface area contributed by atoms with E-state index < -0.39 is 0 Å². The Morgan fingerprint density at radius 1 is 1.30 bits per heavy atom. The van der Waals surface area contributed by atoms with Crippen LogP contribution in [0.3, 0.4) is 0 Å². The van der Waals surface area contributed by atoms with Gasteiger partial charge in [0.25, 0.3) is 0 Å². The first-order valence-corrected chi connectivity index (χ1v) is 12.5. The van der Waals surface area contributed by atoms with Gasteiger partial charge in [-0.25, -0.2) is 4.99 Å². The summed E-state index contributed by atoms with van der Waals surface area (Å²) in [6.45, 7) is 11.7. The molecule has 0 bridgehead atoms. The summed E-state index contributed by atoms with van der Waals surface area (Å²) >= 11 is 4.43. The molecule has 6 heteroatoms. The van der Waals surface area contributed by atoms with Crippen molar-refractivity contribution in [1.82, 2.24) is 9.80 Å². The zero-order chi connectivity index (χ0) is 23.3. The van der Waals surface area contributed by atoms with Gasteiger partial charge in [-0.15, -0.1) is 0 Å². The topological polar surface area (TPSA) is 56.9 Å². The van der Waals surface area contributed by atoms with Gasteiger partial charge < -0.3 is 20.3 Å². The molecule has 5 rings (SSSR count). The Bertz CT molecular complexity index is 1090. The van der Waals surface area contributed by atoms with Crippen LogP contribution in [-0.2, 0) is 6.54 Å². The van der Waals surface area contributed by atoms with Crippen LogP contribution in [-0.4, -0.2) is 28.6 Å². The first kappa shape index (κ1) is 22.2. The molecule has 0 amide bonds. The highest BCUT2D eigenvalue weighted by atomic mass is 32.1. The van der Waals surface area contributed by atoms with Crippen LogP contribution in [0.25, 0.3) is 5.70 Å². The zero-order valence-corrected chi connectivity index (χ0v) is 20.7. The quantitative estimate of drug-likeness (QED) is 0.459. The minimum absolute atomic E-state index is 0.515. The molecule has 2 aliphatic carbocycles. The highest BCUT2D eigenvalue weighted by molar-refractivity contribution is 7.81. The molecule has 2 heterocycles. The van der Waals surface area contributed by atoms with Crippen LogP contribution < -0.4 is 10.5 Å². The maximum atomic E-state index is 6.24. The van der Waals surface area contributed by atoms with Crippen molar-refractivity contribution in [2.75, 3.05) is 11.8 Å². The summed E-state index contributed by atoms with van der Waals surface area (Å²) in [5.41, 5.74) is 14.5. The summed E-state index contributed by atoms with van der Waals surface area (Å²) < 4.78 is 3.12. The molecule has 1 atom stereocenters. The molecule has 5 nitrogen and oxygen atoms in total. The van der Waals surface area contributed by atoms with Crippen molar-refractivity contribution in [3.63, 3.8) is 0 Å². The highest BCUT2D eigenvalue weighted by Gasteiger charge is 2.37. The largest absolute Gasteiger partial charge is 0.399 e. The van der Waals surface area contributed by atoms with E-state index in [0.29, 0.717) is 17.7 Å². The normalized spacial score (nSPS) is 22.6. The number of fused-ring (bicyclic) bond motifs is 1. The van der Waals surface area contributed by atoms with Gasteiger partial charge >= 0.3 is 0 Å². The van der Waals surface area contributed by atoms with E-state index in [-0.39, 0.29) is 0 Å². The summed E-state index contributed by atoms with van der Waals surface area (Å²) in [5, 5.41) is 0. The second-order valence-electron chi connectivity index (χ2n) is 10.1. The molecule has 1 aromatic rings. The molecule has 1 aromatic carbocycles. The number of benzene rings is 1. The zero-order valence-electron chi connectivity index (χ0n) is 19.8. The van der Waals surface area contributed by atoms with Gasteiger partial charge in [-0.05, 0) is 61.8 Å². The first-order chi connectivity index (χ1) is 15.9. The Morgan fingerprint density at radius 2 is 2.06 bits per heavy atom. The van der Waals surface area contributed by atoms with Crippen molar-refractivity contribution >= 4 is 29.9 Å². The van der Waals surface area contributed by atoms with E-state index in [0.717, 1.165) is 52.9 Å². The molecule has 0 spiro atoms. The van der Waals surface area contributed by atoms with Crippen molar-refractivity contribution in [1.29, 1.82) is 0 Å². The molecular formula is C27H35N5S. The Balaban J connectivity index is 1.51. The second-order valence-corrected chi connectivity index (χ2v) is 10.3. The highest BCUT2D eigenvalue weighted by Crippen LogP contribution is 2.45. The molecule has 2 saturated carbocycles. The van der Waals surface area contributed by atoms with E-state index in [9.17, 15) is 0 Å². The molecule has 33 heavy (non-hydrogen) atoms. The van der Waals surface area contributed by atoms with Crippen LogP contribution >= 0.6 is 12.8 Å². The van der Waals surface area contributed by atoms with E-state index in [4.69, 9.17) is 10.7 Å². The maximum absolute atomic E-state index is 6.24. The van der Waals surface area contributed by atoms with Gasteiger partial charge in [-0.3, -0.25) is 0 Å². The number of nitrogens with two attached hydrogens (primary N) is 1. The summed E-state index contributed by atoms with van der Waals surface area (Å²) in [5.74, 6) is 2.38. The van der Waals surface area contributed by atoms with Crippen molar-refractivity contribution in [3.05, 3.63) is 71.3 Å². The lowest BCUT2D eigenvalue weighted by molar-refractivity contribution is 0.290. The Kier molecular flexibility index (Phi) is 5.81. The minimum Gasteiger partial charge on any atom is -0.399 e. The average Bonchev–Trinajstić information content (AvgIpc) is 3.56. The monoisotopic (exact) mass is 461 g/mol. The lowest BCUT2D eigenvalue weighted by Crippen LogP contribution is -2.28. The van der Waals surface area contributed by atoms with E-state index >= 15 is 0 Å². The standard InChI is InChI=1S/C27H35N5S/c1-16(28)23(12-19-6-5-7-19)27-29-24(10-11-31(27)4)21-13-22-15-32(17(2)20-8-9-20)18(3)26(22)25(14-21)30-33/h10-11,13-14,17,19-20,30,33H,1,3,5-9,12,15,28H2,2,4H3/b27-23-. The number of nitrogens with zero attached hydrogens (tertiary/aromatic N) is 3. The SMILES string of the molecule is C=C(N)/C(CC1CCC1)=C1/N=C(c2cc3c(c(NS)c2)C(=C)N(C(C)C2CC2)C3)C=CN1C. The third-order valence-electron chi connectivity index (χ3n) is 7.80. The van der Waals surface area contributed by atoms with Crippen LogP contribution in [0.1, 0.15) is 62.1 Å². The summed E-state index contributed by atoms with van der Waals surface area (Å²) in [4.78, 5) is 9.59. The predicted octanol–water partition coefficient (Wildman–Crippen LogP) is 5.65. The van der Waals surface area contributed by atoms with Crippen molar-refractivity contribution in [2.45, 2.75) is 58.0 Å². The fourth-order valence-corrected chi connectivity index (χ4v) is 5.50. The average molecular weight is 462 g/mol. The fraction of sp³-hybridized carbons (Fsp3) is 0.444. The Hall–Kier alpha value is -2.60. The first-order valence-electron chi connectivity index (χ1n) is 12.1. The van der Waals surface area contributed by atoms with Crippen molar-refractivity contribution in [2.24, 2.45) is 22.6 Å². The smallest absolute Gasteiger partial charge is 0.138 e. The second kappa shape index (κ2) is 8.64. The molecular weight excluding hydrogens is 426 g/mol. The number of thiol groups is 1. The molecule has 1 unspecified atom stereocenters. The Morgan fingerprint density at radius 3 is 2.67 bits per heavy atom. The maximum Gasteiger partial charge on any atom is 0.138 e. The van der Waals surface area contributed by atoms with Gasteiger partial charge in [-0.2, -0.15) is 0 Å². The lowest BCUT2D eigenvalue weighted by atomic mass is 9.80. The molecule has 0 saturated heterocycles. The summed E-state index contributed by atoms with van der Waals surface area (Å²) in [6, 6.07) is 4.92. The Labute approximate surface area is 203 Å². The number of aliphatic imine (C=N–C) groups is 1. The number of rotatable bonds is 7. The van der Waals surface area contributed by atoms with E-state index in [1.54, 1.807) is 0 Å². The fourth-order valence-electron chi connectivity index (χ4n) is 5.33. The molecule has 2 fully saturated rings. The number of allylic oxidation sites excluding steroid dienone is 2. The van der Waals surface area contributed by atoms with Gasteiger partial charge in [0.1, 0.15) is 5.82 Å². The van der Waals surface area contributed by atoms with E-state index in [1.807, 2.05) is 7.05 Å². The van der Waals surface area contributed by atoms with Crippen molar-refractivity contribution < 1.29 is 0 Å². The molecule has 2 aliphatic heterocycles. The van der Waals surface area contributed by atoms with Crippen LogP contribution in [0.4, 0.5) is 5.69 Å². The molecule has 0 radical (unpaired) electrons. The van der Waals surface area contributed by atoms with Gasteiger partial charge in [0, 0.05) is 53.9 Å². The van der Waals surface area contributed by atoms with Crippen LogP contribution in [0.15, 0.2) is 59.7 Å². The van der Waals surface area contributed by atoms with Crippen molar-refractivity contribution in [3.8, 4) is 0 Å². The van der Waals surface area contributed by atoms with Gasteiger partial charge in [0.2, 0.25) is 0 Å². The molecule has 174 valence electrons. The minimum atomic E-state index is 0.515. The van der Waals surface area contributed by atoms with E-state index in [2.05, 4.69) is 71.8 Å². The number of hydrogen-bond donors (Lipinski definition) is 3. The summed E-state index contributed by atoms with van der Waals surface area (Å²) in [6.07, 6.45) is 11.6. The van der Waals surface area contributed by atoms with Crippen LogP contribution in [0, 0.1) is 11.8 Å². The lowest BCUT2D eigenvalue weighted by Gasteiger charge is -2.29. The van der Waals surface area contributed by atoms with Gasteiger partial charge in [-0.1, -0.05) is 45.2 Å². The third kappa shape index (κ3) is 4.10. The van der Waals surface area contributed by atoms with Crippen LogP contribution in [0.5, 0.6) is 0 Å². The van der Waals surface area contributed by atoms with Gasteiger partial charge in [0.15, 0.2) is 0 Å². The number of nitrogens with one attached hydrogen (secondary N) is 1. The van der Waals surface area contributed by atoms with E-state index in [1.165, 1.54) is 43.2 Å². The summed E-state index contributed by atoms with van der Waals surface area (Å²) in [7, 11) is 2.03. The van der Waals surface area contributed by atoms with Gasteiger partial charge in [0.05, 0.1) is 11.4 Å². The van der Waals surface area contributed by atoms with Crippen LogP contribution in [0.2, 0.25) is 0 Å². The predicted molar refractivity (Wildman–Crippen MR) is 142 cm³/mol. The molecule has 0 aromatic heterocycles. The molecule has 3 N–H and O–H groups in total. The molecule has 4 aliphatic rings. The number of hydrogen-bond acceptors (Lipinski definition) is 6.